The Morgan fingerprint density at radius 3 is 1.69 bits per heavy atom. The third kappa shape index (κ3) is 10.0. The van der Waals surface area contributed by atoms with E-state index in [1.54, 1.807) is 17.8 Å². The largest absolute Gasteiger partial charge is 0.489 e. The molecular formula is C54H47N3O4S. The molecule has 8 rings (SSSR count). The molecular weight excluding hydrogens is 787 g/mol. The molecule has 0 unspecified atom stereocenters. The van der Waals surface area contributed by atoms with E-state index in [1.807, 2.05) is 78.9 Å². The molecule has 0 fully saturated rings. The fraction of sp³-hybridized carbons (Fsp3) is 0.148. The zero-order valence-corrected chi connectivity index (χ0v) is 35.4. The van der Waals surface area contributed by atoms with Crippen LogP contribution in [0.3, 0.4) is 0 Å². The van der Waals surface area contributed by atoms with Crippen molar-refractivity contribution in [2.45, 2.75) is 55.6 Å². The van der Waals surface area contributed by atoms with Crippen molar-refractivity contribution in [3.05, 3.63) is 192 Å². The fourth-order valence-electron chi connectivity index (χ4n) is 7.53. The van der Waals surface area contributed by atoms with Crippen LogP contribution in [-0.2, 0) is 18.0 Å². The number of aliphatic carboxylic acids is 1. The molecule has 7 aromatic carbocycles. The highest BCUT2D eigenvalue weighted by atomic mass is 32.2. The van der Waals surface area contributed by atoms with Gasteiger partial charge in [-0.2, -0.15) is 5.26 Å². The maximum atomic E-state index is 11.6. The number of fused-ring (bicyclic) bond motifs is 2. The van der Waals surface area contributed by atoms with Gasteiger partial charge >= 0.3 is 5.97 Å². The van der Waals surface area contributed by atoms with Crippen molar-refractivity contribution in [3.63, 3.8) is 0 Å². The van der Waals surface area contributed by atoms with Crippen LogP contribution in [0, 0.1) is 11.3 Å². The average molecular weight is 834 g/mol. The number of hydrogen-bond donors (Lipinski definition) is 1. The number of carbonyl (C=O) groups is 1. The number of hydrogen-bond acceptors (Lipinski definition) is 7. The number of benzene rings is 7. The lowest BCUT2D eigenvalue weighted by molar-refractivity contribution is -0.132. The molecule has 308 valence electrons. The summed E-state index contributed by atoms with van der Waals surface area (Å²) in [7, 11) is 0. The van der Waals surface area contributed by atoms with Crippen LogP contribution in [-0.4, -0.2) is 17.6 Å². The highest BCUT2D eigenvalue weighted by Gasteiger charge is 2.24. The third-order valence-corrected chi connectivity index (χ3v) is 11.9. The van der Waals surface area contributed by atoms with E-state index in [2.05, 4.69) is 108 Å². The zero-order chi connectivity index (χ0) is 42.7. The summed E-state index contributed by atoms with van der Waals surface area (Å²) < 4.78 is 12.3. The summed E-state index contributed by atoms with van der Waals surface area (Å²) in [5.41, 5.74) is 10.0. The Balaban J connectivity index is 1.07. The first-order valence-corrected chi connectivity index (χ1v) is 21.8. The van der Waals surface area contributed by atoms with Gasteiger partial charge in [0.1, 0.15) is 36.4 Å². The van der Waals surface area contributed by atoms with E-state index >= 15 is 0 Å². The van der Waals surface area contributed by atoms with E-state index in [0.29, 0.717) is 18.8 Å². The number of ether oxygens (including phenoxy) is 2. The van der Waals surface area contributed by atoms with Gasteiger partial charge in [0, 0.05) is 33.4 Å². The number of carboxylic acid groups (broad SMARTS) is 1. The molecule has 0 spiro atoms. The van der Waals surface area contributed by atoms with Gasteiger partial charge in [-0.1, -0.05) is 123 Å². The first kappa shape index (κ1) is 41.5. The Labute approximate surface area is 368 Å². The molecule has 62 heavy (non-hydrogen) atoms. The van der Waals surface area contributed by atoms with Crippen LogP contribution in [0.5, 0.6) is 11.5 Å². The van der Waals surface area contributed by atoms with Crippen LogP contribution in [0.2, 0.25) is 0 Å². The molecule has 1 N–H and O–H groups in total. The van der Waals surface area contributed by atoms with Crippen molar-refractivity contribution in [1.82, 2.24) is 0 Å². The van der Waals surface area contributed by atoms with Crippen LogP contribution in [0.15, 0.2) is 185 Å². The van der Waals surface area contributed by atoms with Crippen molar-refractivity contribution < 1.29 is 19.4 Å². The van der Waals surface area contributed by atoms with Crippen LogP contribution >= 0.6 is 11.8 Å². The monoisotopic (exact) mass is 833 g/mol. The molecule has 1 aliphatic rings. The second kappa shape index (κ2) is 19.9. The van der Waals surface area contributed by atoms with Gasteiger partial charge < -0.3 is 24.4 Å². The van der Waals surface area contributed by atoms with Crippen molar-refractivity contribution in [2.24, 2.45) is 0 Å². The zero-order valence-electron chi connectivity index (χ0n) is 34.6. The van der Waals surface area contributed by atoms with E-state index in [9.17, 15) is 15.2 Å². The molecule has 0 aliphatic carbocycles. The molecule has 1 aliphatic heterocycles. The first-order chi connectivity index (χ1) is 30.4. The summed E-state index contributed by atoms with van der Waals surface area (Å²) in [5, 5.41) is 18.9. The van der Waals surface area contributed by atoms with Crippen LogP contribution in [0.1, 0.15) is 49.3 Å². The summed E-state index contributed by atoms with van der Waals surface area (Å²) >= 11 is 1.68. The molecule has 1 heterocycles. The number of nitriles is 1. The molecule has 0 bridgehead atoms. The number of carboxylic acids is 1. The molecule has 7 nitrogen and oxygen atoms in total. The highest BCUT2D eigenvalue weighted by Crippen LogP contribution is 2.50. The van der Waals surface area contributed by atoms with E-state index in [0.717, 1.165) is 97.8 Å². The third-order valence-electron chi connectivity index (χ3n) is 10.8. The predicted molar refractivity (Wildman–Crippen MR) is 251 cm³/mol. The van der Waals surface area contributed by atoms with Crippen LogP contribution in [0.4, 0.5) is 28.4 Å². The molecule has 8 heteroatoms. The summed E-state index contributed by atoms with van der Waals surface area (Å²) in [6.07, 6.45) is 6.00. The van der Waals surface area contributed by atoms with Gasteiger partial charge in [-0.05, 0) is 125 Å². The Hall–Kier alpha value is -7.21. The van der Waals surface area contributed by atoms with Gasteiger partial charge in [0.2, 0.25) is 0 Å². The van der Waals surface area contributed by atoms with Crippen LogP contribution < -0.4 is 19.3 Å². The fourth-order valence-corrected chi connectivity index (χ4v) is 8.72. The smallest absolute Gasteiger partial charge is 0.346 e. The maximum absolute atomic E-state index is 11.6. The normalized spacial score (nSPS) is 11.9. The van der Waals surface area contributed by atoms with Gasteiger partial charge in [-0.25, -0.2) is 4.79 Å². The Bertz CT molecular complexity index is 2590. The minimum Gasteiger partial charge on any atom is -0.489 e. The Morgan fingerprint density at radius 1 is 0.645 bits per heavy atom. The van der Waals surface area contributed by atoms with Gasteiger partial charge in [0.25, 0.3) is 0 Å². The SMILES string of the molecule is CCCCCCN1c2ccc(/C=C(\C#N)C(=O)O)cc2Sc2cc(-c3ccc(N(c4ccc(OCc5ccccc5)cc4)c4ccc(OCc5ccccc5)cc4)cc3)ccc21. The molecule has 0 amide bonds. The predicted octanol–water partition coefficient (Wildman–Crippen LogP) is 14.2. The summed E-state index contributed by atoms with van der Waals surface area (Å²) in [4.78, 5) is 18.4. The lowest BCUT2D eigenvalue weighted by atomic mass is 10.0. The second-order valence-electron chi connectivity index (χ2n) is 15.1. The van der Waals surface area contributed by atoms with Crippen molar-refractivity contribution >= 4 is 52.2 Å². The molecule has 0 aromatic heterocycles. The van der Waals surface area contributed by atoms with Gasteiger partial charge in [-0.15, -0.1) is 0 Å². The summed E-state index contributed by atoms with van der Waals surface area (Å²) in [5.74, 6) is 0.360. The highest BCUT2D eigenvalue weighted by molar-refractivity contribution is 7.99. The molecule has 0 atom stereocenters. The molecule has 0 radical (unpaired) electrons. The standard InChI is InChI=1S/C54H47N3O4S/c1-2-3-4-11-32-56-50-30-16-41(33-44(36-55)54(58)59)34-52(50)62-53-35-43(19-31-51(53)56)42-17-20-45(21-18-42)57(46-22-26-48(27-23-46)60-37-39-12-7-5-8-13-39)47-24-28-49(29-25-47)61-38-40-14-9-6-10-15-40/h5-10,12-31,33-35H,2-4,11,32,37-38H2,1H3,(H,58,59)/b44-33+. The second-order valence-corrected chi connectivity index (χ2v) is 16.2. The van der Waals surface area contributed by atoms with Crippen LogP contribution in [0.25, 0.3) is 17.2 Å². The van der Waals surface area contributed by atoms with Crippen molar-refractivity contribution in [3.8, 4) is 28.7 Å². The Morgan fingerprint density at radius 2 is 1.16 bits per heavy atom. The Kier molecular flexibility index (Phi) is 13.3. The molecule has 0 saturated heterocycles. The van der Waals surface area contributed by atoms with Crippen molar-refractivity contribution in [2.75, 3.05) is 16.3 Å². The quantitative estimate of drug-likeness (QED) is 0.0551. The summed E-state index contributed by atoms with van der Waals surface area (Å²) in [6.45, 7) is 4.08. The molecule has 0 saturated carbocycles. The minimum atomic E-state index is -1.23. The maximum Gasteiger partial charge on any atom is 0.346 e. The minimum absolute atomic E-state index is 0.290. The lowest BCUT2D eigenvalue weighted by Gasteiger charge is -2.33. The first-order valence-electron chi connectivity index (χ1n) is 21.0. The number of rotatable bonds is 17. The van der Waals surface area contributed by atoms with E-state index < -0.39 is 5.97 Å². The van der Waals surface area contributed by atoms with Gasteiger partial charge in [0.15, 0.2) is 0 Å². The summed E-state index contributed by atoms with van der Waals surface area (Å²) in [6, 6.07) is 59.8. The molecule has 7 aromatic rings. The number of nitrogens with zero attached hydrogens (tertiary/aromatic N) is 3. The lowest BCUT2D eigenvalue weighted by Crippen LogP contribution is -2.22. The average Bonchev–Trinajstić information content (AvgIpc) is 3.32. The van der Waals surface area contributed by atoms with Crippen molar-refractivity contribution in [1.29, 1.82) is 5.26 Å². The number of unbranched alkanes of at least 4 members (excludes halogenated alkanes) is 3. The van der Waals surface area contributed by atoms with Gasteiger partial charge in [-0.3, -0.25) is 0 Å². The van der Waals surface area contributed by atoms with E-state index in [1.165, 1.54) is 12.5 Å². The van der Waals surface area contributed by atoms with Gasteiger partial charge in [0.05, 0.1) is 11.4 Å². The van der Waals surface area contributed by atoms with E-state index in [-0.39, 0.29) is 5.57 Å². The van der Waals surface area contributed by atoms with E-state index in [4.69, 9.17) is 9.47 Å². The topological polar surface area (TPSA) is 86.0 Å². The number of anilines is 5.